The van der Waals surface area contributed by atoms with Crippen LogP contribution in [0.25, 0.3) is 0 Å². The molecule has 0 aromatic heterocycles. The molecular weight excluding hydrogens is 212 g/mol. The second-order valence-electron chi connectivity index (χ2n) is 4.67. The standard InChI is InChI=1S/C12H17F2NO/c1-12(2,8-16)7-15-6-9-3-4-10(13)11(14)5-9/h3-5,15-16H,6-8H2,1-2H3. The van der Waals surface area contributed by atoms with E-state index in [0.717, 1.165) is 6.07 Å². The topological polar surface area (TPSA) is 32.3 Å². The molecule has 0 bridgehead atoms. The van der Waals surface area contributed by atoms with Crippen LogP contribution in [0.2, 0.25) is 0 Å². The molecule has 1 rings (SSSR count). The summed E-state index contributed by atoms with van der Waals surface area (Å²) in [6, 6.07) is 3.83. The predicted molar refractivity (Wildman–Crippen MR) is 58.9 cm³/mol. The Morgan fingerprint density at radius 3 is 2.50 bits per heavy atom. The van der Waals surface area contributed by atoms with Gasteiger partial charge >= 0.3 is 0 Å². The predicted octanol–water partition coefficient (Wildman–Crippen LogP) is 2.07. The smallest absolute Gasteiger partial charge is 0.159 e. The lowest BCUT2D eigenvalue weighted by molar-refractivity contribution is 0.156. The minimum atomic E-state index is -0.834. The van der Waals surface area contributed by atoms with Gasteiger partial charge in [-0.2, -0.15) is 0 Å². The maximum Gasteiger partial charge on any atom is 0.159 e. The largest absolute Gasteiger partial charge is 0.396 e. The molecule has 0 fully saturated rings. The van der Waals surface area contributed by atoms with E-state index in [2.05, 4.69) is 5.32 Å². The van der Waals surface area contributed by atoms with Crippen LogP contribution in [0.15, 0.2) is 18.2 Å². The van der Waals surface area contributed by atoms with E-state index >= 15 is 0 Å². The minimum absolute atomic E-state index is 0.0811. The molecule has 0 unspecified atom stereocenters. The van der Waals surface area contributed by atoms with Crippen molar-refractivity contribution in [3.63, 3.8) is 0 Å². The molecule has 0 amide bonds. The van der Waals surface area contributed by atoms with Crippen LogP contribution in [0.1, 0.15) is 19.4 Å². The van der Waals surface area contributed by atoms with E-state index in [1.807, 2.05) is 13.8 Å². The molecular formula is C12H17F2NO. The Hall–Kier alpha value is -1.00. The fourth-order valence-corrected chi connectivity index (χ4v) is 1.25. The van der Waals surface area contributed by atoms with Gasteiger partial charge in [-0.25, -0.2) is 8.78 Å². The quantitative estimate of drug-likeness (QED) is 0.810. The third-order valence-electron chi connectivity index (χ3n) is 2.34. The Morgan fingerprint density at radius 2 is 1.94 bits per heavy atom. The van der Waals surface area contributed by atoms with E-state index in [4.69, 9.17) is 5.11 Å². The highest BCUT2D eigenvalue weighted by atomic mass is 19.2. The zero-order chi connectivity index (χ0) is 12.2. The molecule has 90 valence electrons. The molecule has 0 aliphatic rings. The van der Waals surface area contributed by atoms with Crippen LogP contribution in [0, 0.1) is 17.0 Å². The lowest BCUT2D eigenvalue weighted by Gasteiger charge is -2.21. The van der Waals surface area contributed by atoms with Gasteiger partial charge < -0.3 is 10.4 Å². The van der Waals surface area contributed by atoms with Crippen molar-refractivity contribution in [1.29, 1.82) is 0 Å². The lowest BCUT2D eigenvalue weighted by Crippen LogP contribution is -2.31. The molecule has 0 saturated carbocycles. The lowest BCUT2D eigenvalue weighted by atomic mass is 9.95. The van der Waals surface area contributed by atoms with Crippen molar-refractivity contribution in [3.05, 3.63) is 35.4 Å². The van der Waals surface area contributed by atoms with Gasteiger partial charge in [-0.05, 0) is 17.7 Å². The van der Waals surface area contributed by atoms with Crippen LogP contribution in [0.5, 0.6) is 0 Å². The molecule has 0 atom stereocenters. The van der Waals surface area contributed by atoms with Gasteiger partial charge in [-0.1, -0.05) is 19.9 Å². The van der Waals surface area contributed by atoms with Crippen LogP contribution < -0.4 is 5.32 Å². The summed E-state index contributed by atoms with van der Waals surface area (Å²) in [6.45, 7) is 5.00. The van der Waals surface area contributed by atoms with Gasteiger partial charge in [0.15, 0.2) is 11.6 Å². The van der Waals surface area contributed by atoms with Crippen molar-refractivity contribution in [2.75, 3.05) is 13.2 Å². The first-order chi connectivity index (χ1) is 7.44. The van der Waals surface area contributed by atoms with Gasteiger partial charge in [0.1, 0.15) is 0 Å². The molecule has 0 saturated heterocycles. The maximum atomic E-state index is 12.9. The summed E-state index contributed by atoms with van der Waals surface area (Å²) >= 11 is 0. The number of hydrogen-bond donors (Lipinski definition) is 2. The Morgan fingerprint density at radius 1 is 1.25 bits per heavy atom. The van der Waals surface area contributed by atoms with Gasteiger partial charge in [-0.3, -0.25) is 0 Å². The molecule has 0 radical (unpaired) electrons. The molecule has 1 aromatic rings. The number of halogens is 2. The second-order valence-corrected chi connectivity index (χ2v) is 4.67. The minimum Gasteiger partial charge on any atom is -0.396 e. The molecule has 16 heavy (non-hydrogen) atoms. The SMILES string of the molecule is CC(C)(CO)CNCc1ccc(F)c(F)c1. The van der Waals surface area contributed by atoms with Crippen LogP contribution in [-0.2, 0) is 6.54 Å². The summed E-state index contributed by atoms with van der Waals surface area (Å²) in [7, 11) is 0. The van der Waals surface area contributed by atoms with Crippen molar-refractivity contribution in [1.82, 2.24) is 5.32 Å². The molecule has 0 heterocycles. The number of nitrogens with one attached hydrogen (secondary N) is 1. The Bertz CT molecular complexity index is 353. The summed E-state index contributed by atoms with van der Waals surface area (Å²) in [4.78, 5) is 0. The van der Waals surface area contributed by atoms with Gasteiger partial charge in [0.2, 0.25) is 0 Å². The number of hydrogen-bond acceptors (Lipinski definition) is 2. The van der Waals surface area contributed by atoms with E-state index in [1.54, 1.807) is 0 Å². The number of aliphatic hydroxyl groups is 1. The highest BCUT2D eigenvalue weighted by Crippen LogP contribution is 2.12. The molecule has 4 heteroatoms. The molecule has 2 nitrogen and oxygen atoms in total. The molecule has 0 spiro atoms. The van der Waals surface area contributed by atoms with Gasteiger partial charge in [0.05, 0.1) is 0 Å². The van der Waals surface area contributed by atoms with Crippen molar-refractivity contribution in [2.24, 2.45) is 5.41 Å². The Balaban J connectivity index is 2.46. The molecule has 0 aliphatic heterocycles. The van der Waals surface area contributed by atoms with Crippen LogP contribution >= 0.6 is 0 Å². The fourth-order valence-electron chi connectivity index (χ4n) is 1.25. The van der Waals surface area contributed by atoms with E-state index < -0.39 is 11.6 Å². The Labute approximate surface area is 94.3 Å². The average molecular weight is 229 g/mol. The molecule has 1 aromatic carbocycles. The highest BCUT2D eigenvalue weighted by Gasteiger charge is 2.15. The highest BCUT2D eigenvalue weighted by molar-refractivity contribution is 5.17. The first-order valence-electron chi connectivity index (χ1n) is 5.20. The molecule has 2 N–H and O–H groups in total. The third kappa shape index (κ3) is 3.87. The number of aliphatic hydroxyl groups excluding tert-OH is 1. The molecule has 0 aliphatic carbocycles. The zero-order valence-electron chi connectivity index (χ0n) is 9.56. The first-order valence-corrected chi connectivity index (χ1v) is 5.20. The average Bonchev–Trinajstić information content (AvgIpc) is 2.23. The van der Waals surface area contributed by atoms with E-state index in [9.17, 15) is 8.78 Å². The van der Waals surface area contributed by atoms with E-state index in [1.165, 1.54) is 12.1 Å². The zero-order valence-corrected chi connectivity index (χ0v) is 9.56. The van der Waals surface area contributed by atoms with E-state index in [0.29, 0.717) is 18.7 Å². The Kier molecular flexibility index (Phi) is 4.38. The van der Waals surface area contributed by atoms with Crippen molar-refractivity contribution < 1.29 is 13.9 Å². The first kappa shape index (κ1) is 13.1. The van der Waals surface area contributed by atoms with Crippen LogP contribution in [-0.4, -0.2) is 18.3 Å². The number of benzene rings is 1. The van der Waals surface area contributed by atoms with E-state index in [-0.39, 0.29) is 12.0 Å². The van der Waals surface area contributed by atoms with Gasteiger partial charge in [0, 0.05) is 25.1 Å². The normalized spacial score (nSPS) is 11.8. The summed E-state index contributed by atoms with van der Waals surface area (Å²) in [5.74, 6) is -1.67. The maximum absolute atomic E-state index is 12.9. The van der Waals surface area contributed by atoms with Crippen molar-refractivity contribution in [3.8, 4) is 0 Å². The second kappa shape index (κ2) is 5.37. The monoisotopic (exact) mass is 229 g/mol. The summed E-state index contributed by atoms with van der Waals surface area (Å²) in [6.07, 6.45) is 0. The number of rotatable bonds is 5. The van der Waals surface area contributed by atoms with Gasteiger partial charge in [0.25, 0.3) is 0 Å². The summed E-state index contributed by atoms with van der Waals surface area (Å²) in [5.41, 5.74) is 0.478. The summed E-state index contributed by atoms with van der Waals surface area (Å²) < 4.78 is 25.5. The van der Waals surface area contributed by atoms with Crippen molar-refractivity contribution >= 4 is 0 Å². The third-order valence-corrected chi connectivity index (χ3v) is 2.34. The van der Waals surface area contributed by atoms with Crippen LogP contribution in [0.3, 0.4) is 0 Å². The van der Waals surface area contributed by atoms with Gasteiger partial charge in [-0.15, -0.1) is 0 Å². The fraction of sp³-hybridized carbons (Fsp3) is 0.500. The summed E-state index contributed by atoms with van der Waals surface area (Å²) in [5, 5.41) is 12.1. The van der Waals surface area contributed by atoms with Crippen LogP contribution in [0.4, 0.5) is 8.78 Å². The van der Waals surface area contributed by atoms with Crippen molar-refractivity contribution in [2.45, 2.75) is 20.4 Å².